The fourth-order valence-corrected chi connectivity index (χ4v) is 4.16. The van der Waals surface area contributed by atoms with Crippen molar-refractivity contribution in [3.8, 4) is 0 Å². The molecule has 1 aliphatic carbocycles. The predicted molar refractivity (Wildman–Crippen MR) is 77.1 cm³/mol. The van der Waals surface area contributed by atoms with Crippen LogP contribution in [0.25, 0.3) is 0 Å². The minimum Gasteiger partial charge on any atom is -0.372 e. The van der Waals surface area contributed by atoms with Crippen LogP contribution in [0.2, 0.25) is 0 Å². The first-order valence-corrected chi connectivity index (χ1v) is 8.47. The summed E-state index contributed by atoms with van der Waals surface area (Å²) in [6, 6.07) is 3.91. The second kappa shape index (κ2) is 5.31. The van der Waals surface area contributed by atoms with Crippen LogP contribution in [0.5, 0.6) is 0 Å². The van der Waals surface area contributed by atoms with Crippen LogP contribution in [-0.4, -0.2) is 50.5 Å². The maximum absolute atomic E-state index is 12.5. The molecule has 1 unspecified atom stereocenters. The topological polar surface area (TPSA) is 74.3 Å². The van der Waals surface area contributed by atoms with Crippen molar-refractivity contribution in [3.63, 3.8) is 0 Å². The average Bonchev–Trinajstić information content (AvgIpc) is 3.20. The Morgan fingerprint density at radius 1 is 1.35 bits per heavy atom. The van der Waals surface area contributed by atoms with Crippen LogP contribution in [0, 0.1) is 0 Å². The van der Waals surface area contributed by atoms with E-state index in [4.69, 9.17) is 0 Å². The molecule has 20 heavy (non-hydrogen) atoms. The number of rotatable bonds is 5. The molecule has 3 rings (SSSR count). The molecule has 1 aromatic heterocycles. The number of anilines is 1. The molecule has 0 spiro atoms. The normalized spacial score (nSPS) is 23.9. The van der Waals surface area contributed by atoms with E-state index in [0.29, 0.717) is 11.9 Å². The molecule has 1 aromatic rings. The lowest BCUT2D eigenvalue weighted by Crippen LogP contribution is -2.37. The Morgan fingerprint density at radius 2 is 2.15 bits per heavy atom. The molecule has 1 saturated carbocycles. The van der Waals surface area contributed by atoms with Gasteiger partial charge in [0, 0.05) is 38.4 Å². The molecule has 7 heteroatoms. The molecule has 1 saturated heterocycles. The van der Waals surface area contributed by atoms with E-state index in [-0.39, 0.29) is 10.9 Å². The molecule has 2 aliphatic rings. The smallest absolute Gasteiger partial charge is 0.244 e. The van der Waals surface area contributed by atoms with E-state index >= 15 is 0 Å². The van der Waals surface area contributed by atoms with Gasteiger partial charge in [-0.25, -0.2) is 18.1 Å². The third kappa shape index (κ3) is 2.79. The summed E-state index contributed by atoms with van der Waals surface area (Å²) in [6.07, 6.45) is 4.97. The fourth-order valence-electron chi connectivity index (χ4n) is 2.73. The van der Waals surface area contributed by atoms with Crippen molar-refractivity contribution in [2.75, 3.05) is 25.5 Å². The summed E-state index contributed by atoms with van der Waals surface area (Å²) in [5.41, 5.74) is 0. The molecule has 2 N–H and O–H groups in total. The number of sulfonamides is 1. The molecule has 1 atom stereocenters. The standard InChI is InChI=1S/C13H20N4O2S/c1-14-13-12(3-2-7-15-13)20(18,19)16-10-6-8-17(9-10)11-4-5-11/h2-3,7,10-11,16H,4-6,8-9H2,1H3,(H,14,15). The number of nitrogens with one attached hydrogen (secondary N) is 2. The first-order chi connectivity index (χ1) is 9.60. The lowest BCUT2D eigenvalue weighted by Gasteiger charge is -2.16. The van der Waals surface area contributed by atoms with Gasteiger partial charge in [0.25, 0.3) is 0 Å². The minimum atomic E-state index is -3.52. The summed E-state index contributed by atoms with van der Waals surface area (Å²) in [4.78, 5) is 6.65. The first kappa shape index (κ1) is 13.8. The first-order valence-electron chi connectivity index (χ1n) is 6.99. The number of hydrogen-bond donors (Lipinski definition) is 2. The van der Waals surface area contributed by atoms with E-state index in [1.807, 2.05) is 0 Å². The molecule has 0 amide bonds. The van der Waals surface area contributed by atoms with Gasteiger partial charge in [0.15, 0.2) is 0 Å². The van der Waals surface area contributed by atoms with Crippen molar-refractivity contribution < 1.29 is 8.42 Å². The Labute approximate surface area is 119 Å². The van der Waals surface area contributed by atoms with Crippen LogP contribution >= 0.6 is 0 Å². The van der Waals surface area contributed by atoms with Gasteiger partial charge in [-0.2, -0.15) is 0 Å². The maximum Gasteiger partial charge on any atom is 0.244 e. The quantitative estimate of drug-likeness (QED) is 0.834. The number of aromatic nitrogens is 1. The van der Waals surface area contributed by atoms with Crippen molar-refractivity contribution in [1.82, 2.24) is 14.6 Å². The van der Waals surface area contributed by atoms with Crippen LogP contribution in [0.15, 0.2) is 23.2 Å². The van der Waals surface area contributed by atoms with Gasteiger partial charge < -0.3 is 5.32 Å². The average molecular weight is 296 g/mol. The Hall–Kier alpha value is -1.18. The maximum atomic E-state index is 12.5. The largest absolute Gasteiger partial charge is 0.372 e. The summed E-state index contributed by atoms with van der Waals surface area (Å²) in [7, 11) is -1.84. The third-order valence-electron chi connectivity index (χ3n) is 3.90. The molecule has 0 aromatic carbocycles. The van der Waals surface area contributed by atoms with E-state index < -0.39 is 10.0 Å². The van der Waals surface area contributed by atoms with E-state index in [1.165, 1.54) is 12.8 Å². The monoisotopic (exact) mass is 296 g/mol. The molecular weight excluding hydrogens is 276 g/mol. The Kier molecular flexibility index (Phi) is 3.66. The van der Waals surface area contributed by atoms with E-state index in [2.05, 4.69) is 19.9 Å². The van der Waals surface area contributed by atoms with Crippen molar-refractivity contribution in [2.24, 2.45) is 0 Å². The minimum absolute atomic E-state index is 0.00510. The van der Waals surface area contributed by atoms with E-state index in [1.54, 1.807) is 25.4 Å². The highest BCUT2D eigenvalue weighted by molar-refractivity contribution is 7.89. The Morgan fingerprint density at radius 3 is 2.85 bits per heavy atom. The van der Waals surface area contributed by atoms with E-state index in [9.17, 15) is 8.42 Å². The highest BCUT2D eigenvalue weighted by Crippen LogP contribution is 2.30. The SMILES string of the molecule is CNc1ncccc1S(=O)(=O)NC1CCN(C2CC2)C1. The van der Waals surface area contributed by atoms with E-state index in [0.717, 1.165) is 19.5 Å². The van der Waals surface area contributed by atoms with Crippen LogP contribution in [0.1, 0.15) is 19.3 Å². The second-order valence-corrected chi connectivity index (χ2v) is 7.12. The number of nitrogens with zero attached hydrogens (tertiary/aromatic N) is 2. The zero-order valence-electron chi connectivity index (χ0n) is 11.5. The number of likely N-dealkylation sites (tertiary alicyclic amines) is 1. The van der Waals surface area contributed by atoms with Gasteiger partial charge in [-0.3, -0.25) is 4.90 Å². The summed E-state index contributed by atoms with van der Waals surface area (Å²) < 4.78 is 27.7. The van der Waals surface area contributed by atoms with Gasteiger partial charge in [0.05, 0.1) is 0 Å². The van der Waals surface area contributed by atoms with Crippen LogP contribution in [0.3, 0.4) is 0 Å². The van der Waals surface area contributed by atoms with Crippen LogP contribution in [-0.2, 0) is 10.0 Å². The van der Waals surface area contributed by atoms with Crippen LogP contribution < -0.4 is 10.0 Å². The molecular formula is C13H20N4O2S. The highest BCUT2D eigenvalue weighted by atomic mass is 32.2. The molecule has 110 valence electrons. The van der Waals surface area contributed by atoms with Crippen molar-refractivity contribution in [3.05, 3.63) is 18.3 Å². The van der Waals surface area contributed by atoms with Gasteiger partial charge in [0.1, 0.15) is 10.7 Å². The van der Waals surface area contributed by atoms with Gasteiger partial charge in [-0.05, 0) is 31.4 Å². The summed E-state index contributed by atoms with van der Waals surface area (Å²) in [6.45, 7) is 1.81. The highest BCUT2D eigenvalue weighted by Gasteiger charge is 2.36. The fraction of sp³-hybridized carbons (Fsp3) is 0.615. The van der Waals surface area contributed by atoms with Crippen molar-refractivity contribution in [1.29, 1.82) is 0 Å². The molecule has 2 fully saturated rings. The zero-order chi connectivity index (χ0) is 14.2. The Bertz CT molecular complexity index is 586. The zero-order valence-corrected chi connectivity index (χ0v) is 12.4. The summed E-state index contributed by atoms with van der Waals surface area (Å²) >= 11 is 0. The predicted octanol–water partition coefficient (Wildman–Crippen LogP) is 0.638. The molecule has 0 radical (unpaired) electrons. The molecule has 0 bridgehead atoms. The molecule has 2 heterocycles. The van der Waals surface area contributed by atoms with Gasteiger partial charge in [0.2, 0.25) is 10.0 Å². The van der Waals surface area contributed by atoms with Crippen LogP contribution in [0.4, 0.5) is 5.82 Å². The van der Waals surface area contributed by atoms with Crippen molar-refractivity contribution >= 4 is 15.8 Å². The molecule has 1 aliphatic heterocycles. The van der Waals surface area contributed by atoms with Gasteiger partial charge >= 0.3 is 0 Å². The molecule has 6 nitrogen and oxygen atoms in total. The van der Waals surface area contributed by atoms with Crippen molar-refractivity contribution in [2.45, 2.75) is 36.2 Å². The lowest BCUT2D eigenvalue weighted by atomic mass is 10.3. The van der Waals surface area contributed by atoms with Gasteiger partial charge in [-0.1, -0.05) is 0 Å². The summed E-state index contributed by atoms with van der Waals surface area (Å²) in [5, 5.41) is 2.82. The third-order valence-corrected chi connectivity index (χ3v) is 5.45. The number of hydrogen-bond acceptors (Lipinski definition) is 5. The second-order valence-electron chi connectivity index (χ2n) is 5.43. The lowest BCUT2D eigenvalue weighted by molar-refractivity contribution is 0.322. The number of pyridine rings is 1. The summed E-state index contributed by atoms with van der Waals surface area (Å²) in [5.74, 6) is 0.386. The van der Waals surface area contributed by atoms with Gasteiger partial charge in [-0.15, -0.1) is 0 Å². The Balaban J connectivity index is 1.72.